The van der Waals surface area contributed by atoms with Crippen LogP contribution in [0.5, 0.6) is 23.0 Å². The average Bonchev–Trinajstić information content (AvgIpc) is 3.56. The molecule has 1 aliphatic heterocycles. The number of rotatable bonds is 8. The number of hydrogen-bond donors (Lipinski definition) is 1. The number of hydrogen-bond acceptors (Lipinski definition) is 7. The summed E-state index contributed by atoms with van der Waals surface area (Å²) in [6, 6.07) is 17.1. The molecule has 0 bridgehead atoms. The minimum atomic E-state index is -0.292. The van der Waals surface area contributed by atoms with Crippen LogP contribution < -0.4 is 24.3 Å². The van der Waals surface area contributed by atoms with Gasteiger partial charge in [0.1, 0.15) is 23.1 Å². The lowest BCUT2D eigenvalue weighted by Crippen LogP contribution is -2.23. The predicted octanol–water partition coefficient (Wildman–Crippen LogP) is 5.20. The highest BCUT2D eigenvalue weighted by Crippen LogP contribution is 2.35. The first-order valence-electron chi connectivity index (χ1n) is 10.8. The fourth-order valence-corrected chi connectivity index (χ4v) is 4.29. The van der Waals surface area contributed by atoms with Gasteiger partial charge in [-0.2, -0.15) is 0 Å². The minimum Gasteiger partial charge on any atom is -0.493 e. The maximum Gasteiger partial charge on any atom is 0.271 e. The lowest BCUT2D eigenvalue weighted by atomic mass is 10.2. The molecule has 1 aromatic heterocycles. The van der Waals surface area contributed by atoms with E-state index >= 15 is 0 Å². The van der Waals surface area contributed by atoms with Crippen molar-refractivity contribution in [3.63, 3.8) is 0 Å². The van der Waals surface area contributed by atoms with E-state index in [4.69, 9.17) is 18.9 Å². The number of fused-ring (bicyclic) bond motifs is 1. The van der Waals surface area contributed by atoms with Crippen molar-refractivity contribution in [2.24, 2.45) is 0 Å². The molecule has 1 aliphatic rings. The van der Waals surface area contributed by atoms with E-state index in [0.29, 0.717) is 40.2 Å². The quantitative estimate of drug-likeness (QED) is 0.365. The van der Waals surface area contributed by atoms with Crippen LogP contribution in [0.1, 0.15) is 21.6 Å². The van der Waals surface area contributed by atoms with Gasteiger partial charge in [0.05, 0.1) is 7.11 Å². The standard InChI is InChI=1S/C26H21FN2O5S/c1-31-23-11-18(5-9-21(23)32-13-16-2-6-19(27)7-3-16)26-29-20(14-35-26)25(30)28-12-17-4-8-22-24(10-17)34-15-33-22/h2-11,14H,12-13,15H2,1H3,(H,28,30). The van der Waals surface area contributed by atoms with Crippen molar-refractivity contribution >= 4 is 17.2 Å². The summed E-state index contributed by atoms with van der Waals surface area (Å²) < 4.78 is 35.1. The zero-order valence-electron chi connectivity index (χ0n) is 18.7. The van der Waals surface area contributed by atoms with Crippen molar-refractivity contribution in [2.75, 3.05) is 13.9 Å². The van der Waals surface area contributed by atoms with Gasteiger partial charge in [-0.3, -0.25) is 4.79 Å². The van der Waals surface area contributed by atoms with Crippen molar-refractivity contribution < 1.29 is 28.1 Å². The second-order valence-corrected chi connectivity index (χ2v) is 8.55. The van der Waals surface area contributed by atoms with Crippen LogP contribution in [0.3, 0.4) is 0 Å². The Morgan fingerprint density at radius 2 is 1.83 bits per heavy atom. The number of ether oxygens (including phenoxy) is 4. The molecule has 0 radical (unpaired) electrons. The van der Waals surface area contributed by atoms with Crippen molar-refractivity contribution in [1.29, 1.82) is 0 Å². The molecule has 0 aliphatic carbocycles. The highest BCUT2D eigenvalue weighted by molar-refractivity contribution is 7.13. The monoisotopic (exact) mass is 492 g/mol. The van der Waals surface area contributed by atoms with Gasteiger partial charge in [0, 0.05) is 17.5 Å². The molecule has 0 saturated carbocycles. The third kappa shape index (κ3) is 5.20. The largest absolute Gasteiger partial charge is 0.493 e. The summed E-state index contributed by atoms with van der Waals surface area (Å²) in [5.41, 5.74) is 2.88. The fraction of sp³-hybridized carbons (Fsp3) is 0.154. The van der Waals surface area contributed by atoms with E-state index < -0.39 is 0 Å². The predicted molar refractivity (Wildman–Crippen MR) is 129 cm³/mol. The summed E-state index contributed by atoms with van der Waals surface area (Å²) in [5.74, 6) is 1.90. The first kappa shape index (κ1) is 22.7. The fourth-order valence-electron chi connectivity index (χ4n) is 3.50. The molecular weight excluding hydrogens is 471 g/mol. The topological polar surface area (TPSA) is 78.9 Å². The summed E-state index contributed by atoms with van der Waals surface area (Å²) >= 11 is 1.37. The number of carbonyl (C=O) groups excluding carboxylic acids is 1. The molecule has 2 heterocycles. The molecule has 3 aromatic carbocycles. The van der Waals surface area contributed by atoms with Gasteiger partial charge >= 0.3 is 0 Å². The molecule has 5 rings (SSSR count). The smallest absolute Gasteiger partial charge is 0.271 e. The van der Waals surface area contributed by atoms with Crippen LogP contribution in [0, 0.1) is 5.82 Å². The molecule has 9 heteroatoms. The number of benzene rings is 3. The van der Waals surface area contributed by atoms with Crippen LogP contribution in [-0.2, 0) is 13.2 Å². The van der Waals surface area contributed by atoms with E-state index in [-0.39, 0.29) is 25.1 Å². The molecular formula is C26H21FN2O5S. The Labute approximate surface area is 205 Å². The molecule has 7 nitrogen and oxygen atoms in total. The van der Waals surface area contributed by atoms with Gasteiger partial charge in [0.25, 0.3) is 5.91 Å². The summed E-state index contributed by atoms with van der Waals surface area (Å²) in [7, 11) is 1.56. The van der Waals surface area contributed by atoms with Crippen LogP contribution >= 0.6 is 11.3 Å². The molecule has 0 unspecified atom stereocenters. The molecule has 0 saturated heterocycles. The highest BCUT2D eigenvalue weighted by Gasteiger charge is 2.16. The van der Waals surface area contributed by atoms with Crippen LogP contribution in [0.2, 0.25) is 0 Å². The zero-order chi connectivity index (χ0) is 24.2. The molecule has 0 spiro atoms. The zero-order valence-corrected chi connectivity index (χ0v) is 19.6. The van der Waals surface area contributed by atoms with E-state index in [1.54, 1.807) is 30.7 Å². The minimum absolute atomic E-state index is 0.207. The Hall–Kier alpha value is -4.11. The van der Waals surface area contributed by atoms with Gasteiger partial charge in [0.15, 0.2) is 23.0 Å². The molecule has 0 fully saturated rings. The summed E-state index contributed by atoms with van der Waals surface area (Å²) in [6.45, 7) is 0.829. The Balaban J connectivity index is 1.23. The first-order chi connectivity index (χ1) is 17.1. The summed E-state index contributed by atoms with van der Waals surface area (Å²) in [4.78, 5) is 17.1. The third-order valence-corrected chi connectivity index (χ3v) is 6.24. The van der Waals surface area contributed by atoms with Gasteiger partial charge in [-0.25, -0.2) is 9.37 Å². The van der Waals surface area contributed by atoms with E-state index in [1.165, 1.54) is 23.5 Å². The third-order valence-electron chi connectivity index (χ3n) is 5.35. The van der Waals surface area contributed by atoms with Gasteiger partial charge in [-0.1, -0.05) is 18.2 Å². The molecule has 35 heavy (non-hydrogen) atoms. The van der Waals surface area contributed by atoms with Gasteiger partial charge < -0.3 is 24.3 Å². The van der Waals surface area contributed by atoms with Crippen molar-refractivity contribution in [2.45, 2.75) is 13.2 Å². The van der Waals surface area contributed by atoms with E-state index in [2.05, 4.69) is 10.3 Å². The molecule has 1 amide bonds. The Bertz CT molecular complexity index is 1360. The van der Waals surface area contributed by atoms with Crippen LogP contribution in [0.25, 0.3) is 10.6 Å². The average molecular weight is 493 g/mol. The lowest BCUT2D eigenvalue weighted by molar-refractivity contribution is 0.0946. The molecule has 1 N–H and O–H groups in total. The first-order valence-corrected chi connectivity index (χ1v) is 11.6. The number of carbonyl (C=O) groups is 1. The number of nitrogens with zero attached hydrogens (tertiary/aromatic N) is 1. The van der Waals surface area contributed by atoms with Crippen molar-refractivity contribution in [3.8, 4) is 33.6 Å². The maximum atomic E-state index is 13.1. The molecule has 4 aromatic rings. The Kier molecular flexibility index (Phi) is 6.49. The Morgan fingerprint density at radius 1 is 1.03 bits per heavy atom. The number of methoxy groups -OCH3 is 1. The van der Waals surface area contributed by atoms with Crippen LogP contribution in [0.4, 0.5) is 4.39 Å². The van der Waals surface area contributed by atoms with E-state index in [9.17, 15) is 9.18 Å². The summed E-state index contributed by atoms with van der Waals surface area (Å²) in [5, 5.41) is 5.28. The van der Waals surface area contributed by atoms with Gasteiger partial charge in [-0.15, -0.1) is 11.3 Å². The summed E-state index contributed by atoms with van der Waals surface area (Å²) in [6.07, 6.45) is 0. The highest BCUT2D eigenvalue weighted by atomic mass is 32.1. The van der Waals surface area contributed by atoms with Crippen molar-refractivity contribution in [1.82, 2.24) is 10.3 Å². The number of thiazole rings is 1. The van der Waals surface area contributed by atoms with Gasteiger partial charge in [0.2, 0.25) is 6.79 Å². The number of aromatic nitrogens is 1. The van der Waals surface area contributed by atoms with Crippen LogP contribution in [0.15, 0.2) is 66.0 Å². The number of amides is 1. The normalized spacial score (nSPS) is 11.8. The number of nitrogens with one attached hydrogen (secondary N) is 1. The number of halogens is 1. The maximum absolute atomic E-state index is 13.1. The lowest BCUT2D eigenvalue weighted by Gasteiger charge is -2.12. The van der Waals surface area contributed by atoms with Crippen LogP contribution in [-0.4, -0.2) is 24.8 Å². The SMILES string of the molecule is COc1cc(-c2nc(C(=O)NCc3ccc4c(c3)OCO4)cs2)ccc1OCc1ccc(F)cc1. The van der Waals surface area contributed by atoms with Gasteiger partial charge in [-0.05, 0) is 53.6 Å². The molecule has 0 atom stereocenters. The van der Waals surface area contributed by atoms with Crippen molar-refractivity contribution in [3.05, 3.63) is 88.7 Å². The Morgan fingerprint density at radius 3 is 2.66 bits per heavy atom. The molecule has 178 valence electrons. The second-order valence-electron chi connectivity index (χ2n) is 7.69. The van der Waals surface area contributed by atoms with E-state index in [1.807, 2.05) is 30.3 Å². The second kappa shape index (κ2) is 10.0. The van der Waals surface area contributed by atoms with E-state index in [0.717, 1.165) is 16.7 Å².